The largest absolute Gasteiger partial charge is 0.310 e. The molecule has 0 spiro atoms. The number of rotatable bonds is 5. The maximum Gasteiger partial charge on any atom is 0.0544 e. The Kier molecular flexibility index (Phi) is 5.47. The minimum atomic E-state index is 0.374. The lowest BCUT2D eigenvalue weighted by atomic mass is 10.1. The zero-order valence-corrected chi connectivity index (χ0v) is 14.0. The summed E-state index contributed by atoms with van der Waals surface area (Å²) in [4.78, 5) is 7.13. The van der Waals surface area contributed by atoms with Crippen LogP contribution in [0.2, 0.25) is 0 Å². The minimum absolute atomic E-state index is 0.374. The van der Waals surface area contributed by atoms with E-state index >= 15 is 0 Å². The molecular weight excluding hydrogens is 266 g/mol. The number of pyridine rings is 1. The van der Waals surface area contributed by atoms with Gasteiger partial charge in [-0.3, -0.25) is 9.88 Å². The molecule has 0 saturated carbocycles. The van der Waals surface area contributed by atoms with Crippen LogP contribution in [0.5, 0.6) is 0 Å². The monoisotopic (exact) mass is 293 g/mol. The molecule has 1 saturated heterocycles. The number of nitrogens with one attached hydrogen (secondary N) is 1. The molecule has 3 nitrogen and oxygen atoms in total. The highest BCUT2D eigenvalue weighted by Crippen LogP contribution is 2.29. The van der Waals surface area contributed by atoms with Gasteiger partial charge in [0.1, 0.15) is 0 Å². The van der Waals surface area contributed by atoms with Gasteiger partial charge in [0, 0.05) is 48.9 Å². The second kappa shape index (κ2) is 6.92. The van der Waals surface area contributed by atoms with Gasteiger partial charge < -0.3 is 5.32 Å². The van der Waals surface area contributed by atoms with Gasteiger partial charge in [-0.15, -0.1) is 0 Å². The van der Waals surface area contributed by atoms with E-state index in [1.807, 2.05) is 6.20 Å². The van der Waals surface area contributed by atoms with Gasteiger partial charge in [0.05, 0.1) is 5.69 Å². The van der Waals surface area contributed by atoms with Crippen molar-refractivity contribution in [3.05, 3.63) is 29.6 Å². The molecule has 1 aliphatic rings. The molecular formula is C16H27N3S. The van der Waals surface area contributed by atoms with Crippen molar-refractivity contribution in [3.8, 4) is 0 Å². The summed E-state index contributed by atoms with van der Waals surface area (Å²) in [6.07, 6.45) is 2.01. The normalized spacial score (nSPS) is 19.4. The Morgan fingerprint density at radius 2 is 2.20 bits per heavy atom. The van der Waals surface area contributed by atoms with E-state index in [9.17, 15) is 0 Å². The van der Waals surface area contributed by atoms with Crippen LogP contribution in [0.1, 0.15) is 39.0 Å². The molecule has 2 rings (SSSR count). The molecule has 1 aromatic rings. The fourth-order valence-corrected chi connectivity index (χ4v) is 3.63. The zero-order chi connectivity index (χ0) is 14.6. The van der Waals surface area contributed by atoms with Crippen molar-refractivity contribution in [2.45, 2.75) is 51.6 Å². The molecule has 0 bridgehead atoms. The van der Waals surface area contributed by atoms with Crippen molar-refractivity contribution in [2.75, 3.05) is 18.8 Å². The number of hydrogen-bond acceptors (Lipinski definition) is 4. The van der Waals surface area contributed by atoms with Gasteiger partial charge in [-0.2, -0.15) is 11.8 Å². The van der Waals surface area contributed by atoms with E-state index in [-0.39, 0.29) is 0 Å². The standard InChI is InChI=1S/C16H27N3S/c1-13(2)17-9-14-5-6-15(18-10-14)11-19-7-8-20-16(3,4)12-19/h5-6,10,13,17H,7-9,11-12H2,1-4H3. The summed E-state index contributed by atoms with van der Waals surface area (Å²) in [6, 6.07) is 4.89. The third-order valence-electron chi connectivity index (χ3n) is 3.49. The fourth-order valence-electron chi connectivity index (χ4n) is 2.45. The molecule has 20 heavy (non-hydrogen) atoms. The summed E-state index contributed by atoms with van der Waals surface area (Å²) in [7, 11) is 0. The molecule has 0 radical (unpaired) electrons. The van der Waals surface area contributed by atoms with Gasteiger partial charge in [0.2, 0.25) is 0 Å². The number of thioether (sulfide) groups is 1. The van der Waals surface area contributed by atoms with Crippen molar-refractivity contribution in [2.24, 2.45) is 0 Å². The van der Waals surface area contributed by atoms with E-state index in [0.717, 1.165) is 19.6 Å². The quantitative estimate of drug-likeness (QED) is 0.903. The van der Waals surface area contributed by atoms with Crippen LogP contribution in [0.25, 0.3) is 0 Å². The Morgan fingerprint density at radius 3 is 2.80 bits per heavy atom. The van der Waals surface area contributed by atoms with Gasteiger partial charge >= 0.3 is 0 Å². The SMILES string of the molecule is CC(C)NCc1ccc(CN2CCSC(C)(C)C2)nc1. The maximum absolute atomic E-state index is 4.61. The average Bonchev–Trinajstić information content (AvgIpc) is 2.36. The van der Waals surface area contributed by atoms with Crippen molar-refractivity contribution in [3.63, 3.8) is 0 Å². The Hall–Kier alpha value is -0.580. The third-order valence-corrected chi connectivity index (χ3v) is 4.79. The smallest absolute Gasteiger partial charge is 0.0544 e. The van der Waals surface area contributed by atoms with Crippen LogP contribution in [0.15, 0.2) is 18.3 Å². The Labute approximate surface area is 127 Å². The zero-order valence-electron chi connectivity index (χ0n) is 13.1. The first-order chi connectivity index (χ1) is 9.44. The summed E-state index contributed by atoms with van der Waals surface area (Å²) in [5, 5.41) is 3.42. The molecule has 0 unspecified atom stereocenters. The first kappa shape index (κ1) is 15.8. The Balaban J connectivity index is 1.87. The molecule has 2 heterocycles. The predicted octanol–water partition coefficient (Wildman–Crippen LogP) is 2.91. The number of nitrogens with zero attached hydrogens (tertiary/aromatic N) is 2. The van der Waals surface area contributed by atoms with E-state index in [4.69, 9.17) is 0 Å². The molecule has 0 amide bonds. The predicted molar refractivity (Wildman–Crippen MR) is 88.0 cm³/mol. The highest BCUT2D eigenvalue weighted by Gasteiger charge is 2.26. The molecule has 1 aromatic heterocycles. The van der Waals surface area contributed by atoms with E-state index in [1.54, 1.807) is 0 Å². The first-order valence-corrected chi connectivity index (χ1v) is 8.47. The second-order valence-electron chi connectivity index (χ2n) is 6.51. The summed E-state index contributed by atoms with van der Waals surface area (Å²) in [5.74, 6) is 1.23. The minimum Gasteiger partial charge on any atom is -0.310 e. The van der Waals surface area contributed by atoms with Gasteiger partial charge in [0.15, 0.2) is 0 Å². The molecule has 1 N–H and O–H groups in total. The third kappa shape index (κ3) is 5.08. The maximum atomic E-state index is 4.61. The molecule has 0 aliphatic carbocycles. The van der Waals surface area contributed by atoms with Crippen LogP contribution in [-0.4, -0.2) is 39.5 Å². The molecule has 1 aliphatic heterocycles. The lowest BCUT2D eigenvalue weighted by molar-refractivity contribution is 0.250. The van der Waals surface area contributed by atoms with E-state index in [0.29, 0.717) is 10.8 Å². The summed E-state index contributed by atoms with van der Waals surface area (Å²) >= 11 is 2.08. The first-order valence-electron chi connectivity index (χ1n) is 7.48. The van der Waals surface area contributed by atoms with Crippen LogP contribution < -0.4 is 5.32 Å². The van der Waals surface area contributed by atoms with E-state index in [1.165, 1.54) is 23.6 Å². The summed E-state index contributed by atoms with van der Waals surface area (Å²) < 4.78 is 0.374. The van der Waals surface area contributed by atoms with E-state index < -0.39 is 0 Å². The average molecular weight is 293 g/mol. The van der Waals surface area contributed by atoms with Crippen LogP contribution >= 0.6 is 11.8 Å². The molecule has 0 aromatic carbocycles. The highest BCUT2D eigenvalue weighted by atomic mass is 32.2. The van der Waals surface area contributed by atoms with Crippen LogP contribution in [0, 0.1) is 0 Å². The lowest BCUT2D eigenvalue weighted by Gasteiger charge is -2.37. The summed E-state index contributed by atoms with van der Waals surface area (Å²) in [6.45, 7) is 13.2. The topological polar surface area (TPSA) is 28.2 Å². The van der Waals surface area contributed by atoms with Crippen LogP contribution in [0.3, 0.4) is 0 Å². The van der Waals surface area contributed by atoms with Crippen molar-refractivity contribution in [1.82, 2.24) is 15.2 Å². The van der Waals surface area contributed by atoms with Crippen molar-refractivity contribution in [1.29, 1.82) is 0 Å². The van der Waals surface area contributed by atoms with Gasteiger partial charge in [-0.1, -0.05) is 19.9 Å². The molecule has 112 valence electrons. The van der Waals surface area contributed by atoms with Gasteiger partial charge in [-0.25, -0.2) is 0 Å². The second-order valence-corrected chi connectivity index (χ2v) is 8.31. The molecule has 4 heteroatoms. The van der Waals surface area contributed by atoms with Crippen LogP contribution in [0.4, 0.5) is 0 Å². The molecule has 0 atom stereocenters. The Bertz CT molecular complexity index is 414. The van der Waals surface area contributed by atoms with E-state index in [2.05, 4.69) is 66.8 Å². The summed E-state index contributed by atoms with van der Waals surface area (Å²) in [5.41, 5.74) is 2.44. The molecule has 1 fully saturated rings. The lowest BCUT2D eigenvalue weighted by Crippen LogP contribution is -2.42. The van der Waals surface area contributed by atoms with Crippen molar-refractivity contribution < 1.29 is 0 Å². The highest BCUT2D eigenvalue weighted by molar-refractivity contribution is 8.00. The number of aromatic nitrogens is 1. The van der Waals surface area contributed by atoms with Crippen molar-refractivity contribution >= 4 is 11.8 Å². The fraction of sp³-hybridized carbons (Fsp3) is 0.688. The number of hydrogen-bond donors (Lipinski definition) is 1. The van der Waals surface area contributed by atoms with Gasteiger partial charge in [0.25, 0.3) is 0 Å². The van der Waals surface area contributed by atoms with Gasteiger partial charge in [-0.05, 0) is 25.5 Å². The van der Waals surface area contributed by atoms with Crippen LogP contribution in [-0.2, 0) is 13.1 Å². The Morgan fingerprint density at radius 1 is 1.40 bits per heavy atom.